The van der Waals surface area contributed by atoms with Gasteiger partial charge < -0.3 is 18.9 Å². The van der Waals surface area contributed by atoms with E-state index in [1.807, 2.05) is 68.4 Å². The number of rotatable bonds is 8. The van der Waals surface area contributed by atoms with Gasteiger partial charge >= 0.3 is 12.1 Å². The summed E-state index contributed by atoms with van der Waals surface area (Å²) in [5.74, 6) is 1.95. The van der Waals surface area contributed by atoms with Crippen molar-refractivity contribution in [2.24, 2.45) is 0 Å². The monoisotopic (exact) mass is 606 g/mol. The number of carbonyl (C=O) groups is 2. The van der Waals surface area contributed by atoms with Crippen LogP contribution in [0, 0.1) is 13.8 Å². The minimum Gasteiger partial charge on any atom is -0.496 e. The summed E-state index contributed by atoms with van der Waals surface area (Å²) in [6, 6.07) is 27.7. The number of benzene rings is 4. The van der Waals surface area contributed by atoms with Gasteiger partial charge in [0.1, 0.15) is 23.0 Å². The normalized spacial score (nSPS) is 14.4. The molecule has 0 bridgehead atoms. The van der Waals surface area contributed by atoms with Crippen LogP contribution in [0.3, 0.4) is 0 Å². The van der Waals surface area contributed by atoms with Crippen LogP contribution in [0.5, 0.6) is 23.0 Å². The topological polar surface area (TPSA) is 71.1 Å². The molecule has 4 aromatic carbocycles. The summed E-state index contributed by atoms with van der Waals surface area (Å²) >= 11 is 0. The molecule has 1 saturated carbocycles. The van der Waals surface area contributed by atoms with Gasteiger partial charge in [-0.1, -0.05) is 81.6 Å². The third kappa shape index (κ3) is 6.90. The van der Waals surface area contributed by atoms with E-state index in [1.54, 1.807) is 7.11 Å². The fraction of sp³-hybridized carbons (Fsp3) is 0.333. The summed E-state index contributed by atoms with van der Waals surface area (Å²) in [7, 11) is 1.68. The summed E-state index contributed by atoms with van der Waals surface area (Å²) in [5, 5.41) is 0. The number of esters is 1. The fourth-order valence-corrected chi connectivity index (χ4v) is 6.54. The lowest BCUT2D eigenvalue weighted by atomic mass is 9.65. The zero-order valence-corrected chi connectivity index (χ0v) is 27.1. The number of ether oxygens (including phenoxy) is 4. The van der Waals surface area contributed by atoms with Crippen LogP contribution in [0.1, 0.15) is 86.3 Å². The molecule has 0 saturated heterocycles. The SMILES string of the molecule is COc1ccc(C(C)(C)c2ccc(OC(=O)Oc3ccc(C4(c5ccc(OC(C)=O)cc5)CCCCC4)cc3)c(C)c2)cc1C. The molecule has 1 fully saturated rings. The number of aryl methyl sites for hydroxylation is 2. The molecule has 45 heavy (non-hydrogen) atoms. The zero-order valence-electron chi connectivity index (χ0n) is 27.1. The molecule has 0 radical (unpaired) electrons. The maximum Gasteiger partial charge on any atom is 0.519 e. The first-order valence-corrected chi connectivity index (χ1v) is 15.6. The van der Waals surface area contributed by atoms with Crippen molar-refractivity contribution in [1.29, 1.82) is 0 Å². The van der Waals surface area contributed by atoms with E-state index in [0.717, 1.165) is 48.1 Å². The predicted molar refractivity (Wildman–Crippen MR) is 176 cm³/mol. The predicted octanol–water partition coefficient (Wildman–Crippen LogP) is 9.39. The molecule has 6 nitrogen and oxygen atoms in total. The van der Waals surface area contributed by atoms with Crippen LogP contribution in [-0.4, -0.2) is 19.2 Å². The Labute approximate surface area is 266 Å². The highest BCUT2D eigenvalue weighted by Crippen LogP contribution is 2.45. The van der Waals surface area contributed by atoms with Crippen molar-refractivity contribution in [3.05, 3.63) is 118 Å². The van der Waals surface area contributed by atoms with Crippen molar-refractivity contribution in [2.45, 2.75) is 77.6 Å². The van der Waals surface area contributed by atoms with E-state index >= 15 is 0 Å². The Morgan fingerprint density at radius 2 is 1.13 bits per heavy atom. The van der Waals surface area contributed by atoms with E-state index in [9.17, 15) is 9.59 Å². The number of hydrogen-bond donors (Lipinski definition) is 0. The lowest BCUT2D eigenvalue weighted by molar-refractivity contribution is -0.131. The molecule has 234 valence electrons. The molecule has 0 atom stereocenters. The van der Waals surface area contributed by atoms with Crippen molar-refractivity contribution < 1.29 is 28.5 Å². The van der Waals surface area contributed by atoms with E-state index in [-0.39, 0.29) is 16.8 Å². The molecule has 1 aliphatic rings. The highest BCUT2D eigenvalue weighted by Gasteiger charge is 2.36. The molecule has 6 heteroatoms. The van der Waals surface area contributed by atoms with Crippen molar-refractivity contribution in [2.75, 3.05) is 7.11 Å². The Morgan fingerprint density at radius 1 is 0.644 bits per heavy atom. The highest BCUT2D eigenvalue weighted by atomic mass is 16.7. The molecule has 0 spiro atoms. The summed E-state index contributed by atoms with van der Waals surface area (Å²) in [4.78, 5) is 24.2. The second kappa shape index (κ2) is 13.2. The quantitative estimate of drug-likeness (QED) is 0.113. The van der Waals surface area contributed by atoms with Crippen LogP contribution in [-0.2, 0) is 15.6 Å². The van der Waals surface area contributed by atoms with Crippen LogP contribution in [0.2, 0.25) is 0 Å². The largest absolute Gasteiger partial charge is 0.519 e. The lowest BCUT2D eigenvalue weighted by Crippen LogP contribution is -2.30. The van der Waals surface area contributed by atoms with Crippen LogP contribution in [0.15, 0.2) is 84.9 Å². The molecular weight excluding hydrogens is 564 g/mol. The van der Waals surface area contributed by atoms with E-state index < -0.39 is 6.16 Å². The molecule has 4 aromatic rings. The van der Waals surface area contributed by atoms with Crippen LogP contribution in [0.25, 0.3) is 0 Å². The Balaban J connectivity index is 1.28. The maximum atomic E-state index is 12.8. The van der Waals surface area contributed by atoms with Crippen molar-refractivity contribution in [3.63, 3.8) is 0 Å². The van der Waals surface area contributed by atoms with Gasteiger partial charge in [-0.15, -0.1) is 0 Å². The van der Waals surface area contributed by atoms with Gasteiger partial charge in [0.25, 0.3) is 0 Å². The van der Waals surface area contributed by atoms with Gasteiger partial charge in [0, 0.05) is 17.8 Å². The number of carbonyl (C=O) groups excluding carboxylic acids is 2. The third-order valence-electron chi connectivity index (χ3n) is 9.19. The minimum atomic E-state index is -0.780. The molecule has 0 heterocycles. The summed E-state index contributed by atoms with van der Waals surface area (Å²) in [5.41, 5.74) is 6.16. The van der Waals surface area contributed by atoms with E-state index in [4.69, 9.17) is 18.9 Å². The Bertz CT molecular complexity index is 1660. The molecule has 0 unspecified atom stereocenters. The average molecular weight is 607 g/mol. The minimum absolute atomic E-state index is 0.150. The van der Waals surface area contributed by atoms with E-state index in [2.05, 4.69) is 44.2 Å². The van der Waals surface area contributed by atoms with Gasteiger partial charge in [0.15, 0.2) is 0 Å². The maximum absolute atomic E-state index is 12.8. The van der Waals surface area contributed by atoms with Crippen molar-refractivity contribution in [3.8, 4) is 23.0 Å². The van der Waals surface area contributed by atoms with Gasteiger partial charge in [0.05, 0.1) is 7.11 Å². The number of hydrogen-bond acceptors (Lipinski definition) is 6. The summed E-state index contributed by atoms with van der Waals surface area (Å²) < 4.78 is 21.9. The van der Waals surface area contributed by atoms with Crippen molar-refractivity contribution in [1.82, 2.24) is 0 Å². The van der Waals surface area contributed by atoms with Gasteiger partial charge in [-0.05, 0) is 96.5 Å². The molecular formula is C39H42O6. The Kier molecular flexibility index (Phi) is 9.33. The molecule has 0 amide bonds. The van der Waals surface area contributed by atoms with Crippen molar-refractivity contribution >= 4 is 12.1 Å². The summed E-state index contributed by atoms with van der Waals surface area (Å²) in [6.07, 6.45) is 4.73. The van der Waals surface area contributed by atoms with E-state index in [0.29, 0.717) is 17.2 Å². The summed E-state index contributed by atoms with van der Waals surface area (Å²) in [6.45, 7) is 9.73. The zero-order chi connectivity index (χ0) is 32.2. The van der Waals surface area contributed by atoms with Crippen LogP contribution >= 0.6 is 0 Å². The smallest absolute Gasteiger partial charge is 0.496 e. The first-order chi connectivity index (χ1) is 21.5. The van der Waals surface area contributed by atoms with Gasteiger partial charge in [-0.25, -0.2) is 4.79 Å². The highest BCUT2D eigenvalue weighted by molar-refractivity contribution is 5.69. The molecule has 0 aliphatic heterocycles. The third-order valence-corrected chi connectivity index (χ3v) is 9.19. The second-order valence-corrected chi connectivity index (χ2v) is 12.5. The second-order valence-electron chi connectivity index (χ2n) is 12.5. The Hall–Kier alpha value is -4.58. The first-order valence-electron chi connectivity index (χ1n) is 15.6. The fourth-order valence-electron chi connectivity index (χ4n) is 6.54. The van der Waals surface area contributed by atoms with Crippen LogP contribution < -0.4 is 18.9 Å². The van der Waals surface area contributed by atoms with Gasteiger partial charge in [-0.3, -0.25) is 4.79 Å². The standard InChI is InChI=1S/C39H42O6/c1-26-24-31(14-20-35(26)42-6)38(4,5)32-15-21-36(27(2)25-32)45-37(41)44-34-18-12-30(13-19-34)39(22-8-7-9-23-39)29-10-16-33(17-11-29)43-28(3)40/h10-21,24-25H,7-9,22-23H2,1-6H3. The molecule has 5 rings (SSSR count). The molecule has 1 aliphatic carbocycles. The number of methoxy groups -OCH3 is 1. The lowest BCUT2D eigenvalue weighted by Gasteiger charge is -2.38. The first kappa shape index (κ1) is 31.8. The average Bonchev–Trinajstić information content (AvgIpc) is 3.02. The van der Waals surface area contributed by atoms with Gasteiger partial charge in [0.2, 0.25) is 0 Å². The Morgan fingerprint density at radius 3 is 1.60 bits per heavy atom. The molecule has 0 N–H and O–H groups in total. The van der Waals surface area contributed by atoms with Crippen LogP contribution in [0.4, 0.5) is 4.79 Å². The van der Waals surface area contributed by atoms with E-state index in [1.165, 1.54) is 30.0 Å². The molecule has 0 aromatic heterocycles. The van der Waals surface area contributed by atoms with Gasteiger partial charge in [-0.2, -0.15) is 0 Å².